The van der Waals surface area contributed by atoms with Crippen LogP contribution in [0.3, 0.4) is 0 Å². The quantitative estimate of drug-likeness (QED) is 0.333. The first kappa shape index (κ1) is 26.9. The van der Waals surface area contributed by atoms with Crippen LogP contribution in [0.5, 0.6) is 17.2 Å². The smallest absolute Gasteiger partial charge is 0.248 e. The van der Waals surface area contributed by atoms with Crippen molar-refractivity contribution in [3.8, 4) is 17.2 Å². The Morgan fingerprint density at radius 2 is 1.74 bits per heavy atom. The van der Waals surface area contributed by atoms with Crippen LogP contribution < -0.4 is 19.5 Å². The summed E-state index contributed by atoms with van der Waals surface area (Å²) in [6.07, 6.45) is 4.61. The summed E-state index contributed by atoms with van der Waals surface area (Å²) in [7, 11) is -2.25. The van der Waals surface area contributed by atoms with E-state index in [9.17, 15) is 13.2 Å². The number of hydrogen-bond donors (Lipinski definition) is 1. The minimum Gasteiger partial charge on any atom is -0.493 e. The Morgan fingerprint density at radius 3 is 2.35 bits per heavy atom. The number of anilines is 1. The van der Waals surface area contributed by atoms with Gasteiger partial charge in [-0.2, -0.15) is 4.31 Å². The lowest BCUT2D eigenvalue weighted by atomic mass is 10.2. The molecule has 8 nitrogen and oxygen atoms in total. The number of rotatable bonds is 13. The number of nitrogens with one attached hydrogen (secondary N) is 1. The van der Waals surface area contributed by atoms with Crippen molar-refractivity contribution in [1.82, 2.24) is 4.31 Å². The molecule has 0 heterocycles. The van der Waals surface area contributed by atoms with E-state index in [-0.39, 0.29) is 10.6 Å². The zero-order valence-electron chi connectivity index (χ0n) is 20.0. The minimum absolute atomic E-state index is 0.0136. The van der Waals surface area contributed by atoms with Gasteiger partial charge < -0.3 is 19.5 Å². The lowest BCUT2D eigenvalue weighted by Gasteiger charge is -2.21. The van der Waals surface area contributed by atoms with Gasteiger partial charge in [-0.15, -0.1) is 0 Å². The van der Waals surface area contributed by atoms with Gasteiger partial charge in [0.15, 0.2) is 11.5 Å². The maximum Gasteiger partial charge on any atom is 0.248 e. The van der Waals surface area contributed by atoms with Gasteiger partial charge in [-0.1, -0.05) is 32.6 Å². The number of benzene rings is 2. The molecule has 1 amide bonds. The number of amides is 1. The Labute approximate surface area is 201 Å². The van der Waals surface area contributed by atoms with E-state index >= 15 is 0 Å². The standard InChI is InChI=1S/C25H32N2O6S/c1-6-16-33-21-13-10-19(17-23(21)31-5)11-15-25(28)26-20-12-14-22(32-9-4)24(18-20)34(29,30)27(7-2)8-3/h6,10-15,17-18H,1,7-9,16H2,2-5H3,(H,26,28)/b15-11+. The van der Waals surface area contributed by atoms with E-state index in [1.807, 2.05) is 0 Å². The van der Waals surface area contributed by atoms with E-state index in [2.05, 4.69) is 11.9 Å². The van der Waals surface area contributed by atoms with Gasteiger partial charge in [-0.25, -0.2) is 8.42 Å². The van der Waals surface area contributed by atoms with Gasteiger partial charge in [0.2, 0.25) is 15.9 Å². The number of hydrogen-bond acceptors (Lipinski definition) is 6. The van der Waals surface area contributed by atoms with Crippen molar-refractivity contribution < 1.29 is 27.4 Å². The molecule has 0 unspecified atom stereocenters. The summed E-state index contributed by atoms with van der Waals surface area (Å²) < 4.78 is 43.9. The molecule has 2 rings (SSSR count). The number of sulfonamides is 1. The second-order valence-corrected chi connectivity index (χ2v) is 8.92. The lowest BCUT2D eigenvalue weighted by Crippen LogP contribution is -2.31. The Balaban J connectivity index is 2.24. The van der Waals surface area contributed by atoms with Crippen molar-refractivity contribution in [3.05, 3.63) is 60.7 Å². The second-order valence-electron chi connectivity index (χ2n) is 7.02. The highest BCUT2D eigenvalue weighted by molar-refractivity contribution is 7.89. The van der Waals surface area contributed by atoms with E-state index in [4.69, 9.17) is 14.2 Å². The first-order valence-electron chi connectivity index (χ1n) is 11.0. The fourth-order valence-corrected chi connectivity index (χ4v) is 4.79. The van der Waals surface area contributed by atoms with E-state index in [1.54, 1.807) is 63.3 Å². The van der Waals surface area contributed by atoms with Gasteiger partial charge >= 0.3 is 0 Å². The van der Waals surface area contributed by atoms with Gasteiger partial charge in [0.25, 0.3) is 0 Å². The summed E-state index contributed by atoms with van der Waals surface area (Å²) in [6.45, 7) is 10.2. The van der Waals surface area contributed by atoms with Crippen LogP contribution in [-0.4, -0.2) is 52.0 Å². The topological polar surface area (TPSA) is 94.2 Å². The molecular formula is C25H32N2O6S. The summed E-state index contributed by atoms with van der Waals surface area (Å²) in [5, 5.41) is 2.71. The Bertz CT molecular complexity index is 1120. The van der Waals surface area contributed by atoms with Gasteiger partial charge in [0.05, 0.1) is 13.7 Å². The van der Waals surface area contributed by atoms with Crippen LogP contribution in [0.2, 0.25) is 0 Å². The summed E-state index contributed by atoms with van der Waals surface area (Å²) >= 11 is 0. The molecular weight excluding hydrogens is 456 g/mol. The first-order chi connectivity index (χ1) is 16.3. The Hall–Kier alpha value is -3.30. The van der Waals surface area contributed by atoms with Gasteiger partial charge in [0, 0.05) is 24.9 Å². The summed E-state index contributed by atoms with van der Waals surface area (Å²) in [5.74, 6) is 0.928. The molecule has 0 aliphatic heterocycles. The maximum atomic E-state index is 13.1. The number of ether oxygens (including phenoxy) is 3. The maximum absolute atomic E-state index is 13.1. The summed E-state index contributed by atoms with van der Waals surface area (Å²) in [6, 6.07) is 9.85. The van der Waals surface area contributed by atoms with Crippen molar-refractivity contribution in [3.63, 3.8) is 0 Å². The fraction of sp³-hybridized carbons (Fsp3) is 0.320. The minimum atomic E-state index is -3.78. The van der Waals surface area contributed by atoms with E-state index in [1.165, 1.54) is 23.6 Å². The largest absolute Gasteiger partial charge is 0.493 e. The van der Waals surface area contributed by atoms with Crippen LogP contribution in [0, 0.1) is 0 Å². The highest BCUT2D eigenvalue weighted by Gasteiger charge is 2.26. The molecule has 1 N–H and O–H groups in total. The van der Waals surface area contributed by atoms with Crippen molar-refractivity contribution in [2.75, 3.05) is 38.7 Å². The molecule has 0 aromatic heterocycles. The molecule has 0 fully saturated rings. The SMILES string of the molecule is C=CCOc1ccc(/C=C/C(=O)Nc2ccc(OCC)c(S(=O)(=O)N(CC)CC)c2)cc1OC. The number of nitrogens with zero attached hydrogens (tertiary/aromatic N) is 1. The molecule has 0 aliphatic rings. The van der Waals surface area contributed by atoms with Crippen molar-refractivity contribution in [2.24, 2.45) is 0 Å². The molecule has 0 saturated carbocycles. The normalized spacial score (nSPS) is 11.4. The molecule has 184 valence electrons. The van der Waals surface area contributed by atoms with Gasteiger partial charge in [-0.3, -0.25) is 4.79 Å². The molecule has 0 spiro atoms. The molecule has 34 heavy (non-hydrogen) atoms. The van der Waals surface area contributed by atoms with Gasteiger partial charge in [0.1, 0.15) is 17.3 Å². The van der Waals surface area contributed by atoms with Crippen molar-refractivity contribution in [1.29, 1.82) is 0 Å². The zero-order chi connectivity index (χ0) is 25.1. The molecule has 9 heteroatoms. The molecule has 2 aromatic carbocycles. The predicted octanol–water partition coefficient (Wildman–Crippen LogP) is 4.34. The third-order valence-electron chi connectivity index (χ3n) is 4.81. The van der Waals surface area contributed by atoms with E-state index in [0.29, 0.717) is 43.5 Å². The average Bonchev–Trinajstić information content (AvgIpc) is 2.83. The summed E-state index contributed by atoms with van der Waals surface area (Å²) in [4.78, 5) is 12.5. The van der Waals surface area contributed by atoms with Crippen LogP contribution in [0.1, 0.15) is 26.3 Å². The second kappa shape index (κ2) is 12.8. The molecule has 0 saturated heterocycles. The van der Waals surface area contributed by atoms with Crippen molar-refractivity contribution in [2.45, 2.75) is 25.7 Å². The van der Waals surface area contributed by atoms with Gasteiger partial charge in [-0.05, 0) is 48.9 Å². The molecule has 0 aliphatic carbocycles. The zero-order valence-corrected chi connectivity index (χ0v) is 20.9. The number of carbonyl (C=O) groups is 1. The molecule has 0 atom stereocenters. The molecule has 2 aromatic rings. The first-order valence-corrected chi connectivity index (χ1v) is 12.4. The highest BCUT2D eigenvalue weighted by atomic mass is 32.2. The molecule has 0 radical (unpaired) electrons. The van der Waals surface area contributed by atoms with Crippen LogP contribution in [0.4, 0.5) is 5.69 Å². The average molecular weight is 489 g/mol. The Morgan fingerprint density at radius 1 is 1.03 bits per heavy atom. The molecule has 0 bridgehead atoms. The monoisotopic (exact) mass is 488 g/mol. The summed E-state index contributed by atoms with van der Waals surface area (Å²) in [5.41, 5.74) is 1.07. The van der Waals surface area contributed by atoms with E-state index in [0.717, 1.165) is 5.56 Å². The van der Waals surface area contributed by atoms with E-state index < -0.39 is 15.9 Å². The lowest BCUT2D eigenvalue weighted by molar-refractivity contribution is -0.111. The third-order valence-corrected chi connectivity index (χ3v) is 6.88. The third kappa shape index (κ3) is 6.85. The van der Waals surface area contributed by atoms with Crippen LogP contribution >= 0.6 is 0 Å². The van der Waals surface area contributed by atoms with Crippen molar-refractivity contribution >= 4 is 27.7 Å². The number of methoxy groups -OCH3 is 1. The van der Waals surface area contributed by atoms with Crippen LogP contribution in [0.25, 0.3) is 6.08 Å². The Kier molecular flexibility index (Phi) is 10.2. The fourth-order valence-electron chi connectivity index (χ4n) is 3.18. The number of carbonyl (C=O) groups excluding carboxylic acids is 1. The predicted molar refractivity (Wildman–Crippen MR) is 134 cm³/mol. The van der Waals surface area contributed by atoms with Crippen LogP contribution in [-0.2, 0) is 14.8 Å². The van der Waals surface area contributed by atoms with Crippen LogP contribution in [0.15, 0.2) is 60.0 Å². The highest BCUT2D eigenvalue weighted by Crippen LogP contribution is 2.31.